The number of carbonyl (C=O) groups is 1. The van der Waals surface area contributed by atoms with E-state index in [0.717, 1.165) is 34.9 Å². The molecule has 1 saturated heterocycles. The maximum Gasteiger partial charge on any atom is 0.293 e. The highest BCUT2D eigenvalue weighted by Crippen LogP contribution is 2.68. The Morgan fingerprint density at radius 3 is 2.26 bits per heavy atom. The van der Waals surface area contributed by atoms with Gasteiger partial charge in [0.1, 0.15) is 47.0 Å². The number of amides is 1. The van der Waals surface area contributed by atoms with Gasteiger partial charge in [0.05, 0.1) is 46.3 Å². The van der Waals surface area contributed by atoms with Gasteiger partial charge in [0.25, 0.3) is 17.9 Å². The number of rotatable bonds is 11. The van der Waals surface area contributed by atoms with Crippen molar-refractivity contribution < 1.29 is 53.1 Å². The fraction of sp³-hybridized carbons (Fsp3) is 0.286. The van der Waals surface area contributed by atoms with E-state index in [1.165, 1.54) is 46.8 Å². The number of nitrogens with zero attached hydrogens (tertiary/aromatic N) is 5. The molecule has 9 rings (SSSR count). The molecule has 11 nitrogen and oxygen atoms in total. The van der Waals surface area contributed by atoms with Crippen LogP contribution in [0.4, 0.5) is 35.1 Å². The van der Waals surface area contributed by atoms with Gasteiger partial charge in [-0.25, -0.2) is 39.7 Å². The van der Waals surface area contributed by atoms with Crippen LogP contribution in [0.1, 0.15) is 53.1 Å². The molecule has 2 aliphatic carbocycles. The topological polar surface area (TPSA) is 128 Å². The van der Waals surface area contributed by atoms with Crippen molar-refractivity contribution in [2.45, 2.75) is 48.6 Å². The van der Waals surface area contributed by atoms with E-state index < -0.39 is 105 Å². The number of aromatic nitrogens is 4. The second kappa shape index (κ2) is 15.4. The molecule has 2 fully saturated rings. The van der Waals surface area contributed by atoms with Crippen LogP contribution in [0.2, 0.25) is 0 Å². The van der Waals surface area contributed by atoms with E-state index in [-0.39, 0.29) is 76.7 Å². The first-order valence-corrected chi connectivity index (χ1v) is 20.7. The average Bonchev–Trinajstić information content (AvgIpc) is 3.89. The highest BCUT2D eigenvalue weighted by atomic mass is 32.2. The summed E-state index contributed by atoms with van der Waals surface area (Å²) in [5, 5.41) is 6.14. The number of nitrogens with one attached hydrogen (secondary N) is 1. The normalized spacial score (nSPS) is 18.8. The van der Waals surface area contributed by atoms with Crippen molar-refractivity contribution in [3.63, 3.8) is 0 Å². The zero-order valence-corrected chi connectivity index (χ0v) is 32.8. The molecule has 1 N–H and O–H groups in total. The smallest absolute Gasteiger partial charge is 0.293 e. The number of halogens is 8. The van der Waals surface area contributed by atoms with Crippen LogP contribution in [0.25, 0.3) is 27.7 Å². The molecule has 6 aromatic rings. The number of morpholine rings is 1. The van der Waals surface area contributed by atoms with Gasteiger partial charge in [0, 0.05) is 37.1 Å². The molecule has 4 aromatic carbocycles. The molecule has 0 spiro atoms. The third kappa shape index (κ3) is 7.22. The molecule has 1 aliphatic heterocycles. The molecule has 3 atom stereocenters. The molecule has 3 heterocycles. The number of benzene rings is 4. The fourth-order valence-electron chi connectivity index (χ4n) is 8.44. The SMILES string of the molecule is O=C(Cn1nc(C(F)F)c2c1C(F)(F)[C@@H]1C[C@H]21)N[C@@H](Cc1cc(F)cc(F)c1)c1nc2cc(-c3c(F)cccc3F)ccc2c(=O)n1-c1ccc(S(=O)(=O)N2CCOCC2)cc1. The van der Waals surface area contributed by atoms with E-state index >= 15 is 8.78 Å². The Morgan fingerprint density at radius 2 is 1.60 bits per heavy atom. The van der Waals surface area contributed by atoms with Crippen molar-refractivity contribution in [3.8, 4) is 16.8 Å². The maximum atomic E-state index is 15.4. The molecule has 1 amide bonds. The summed E-state index contributed by atoms with van der Waals surface area (Å²) >= 11 is 0. The summed E-state index contributed by atoms with van der Waals surface area (Å²) in [6.45, 7) is -0.502. The zero-order valence-electron chi connectivity index (χ0n) is 32.0. The second-order valence-electron chi connectivity index (χ2n) is 15.2. The van der Waals surface area contributed by atoms with E-state index in [2.05, 4.69) is 15.4 Å². The molecular formula is C42H32F8N6O5S. The van der Waals surface area contributed by atoms with Crippen LogP contribution in [0.3, 0.4) is 0 Å². The zero-order chi connectivity index (χ0) is 43.8. The van der Waals surface area contributed by atoms with Crippen molar-refractivity contribution in [1.29, 1.82) is 0 Å². The first-order valence-electron chi connectivity index (χ1n) is 19.2. The lowest BCUT2D eigenvalue weighted by atomic mass is 10.0. The molecule has 3 aliphatic rings. The predicted molar refractivity (Wildman–Crippen MR) is 205 cm³/mol. The van der Waals surface area contributed by atoms with Crippen LogP contribution >= 0.6 is 0 Å². The van der Waals surface area contributed by atoms with Crippen LogP contribution < -0.4 is 10.9 Å². The summed E-state index contributed by atoms with van der Waals surface area (Å²) in [5.41, 5.74) is -3.63. The summed E-state index contributed by atoms with van der Waals surface area (Å²) in [4.78, 5) is 33.1. The first-order chi connectivity index (χ1) is 29.5. The largest absolute Gasteiger partial charge is 0.379 e. The molecule has 0 radical (unpaired) electrons. The van der Waals surface area contributed by atoms with Gasteiger partial charge in [0.2, 0.25) is 15.9 Å². The van der Waals surface area contributed by atoms with Crippen LogP contribution in [-0.4, -0.2) is 64.3 Å². The van der Waals surface area contributed by atoms with Crippen LogP contribution in [-0.2, 0) is 38.4 Å². The van der Waals surface area contributed by atoms with Gasteiger partial charge in [-0.05, 0) is 84.1 Å². The van der Waals surface area contributed by atoms with Crippen molar-refractivity contribution in [2.75, 3.05) is 26.3 Å². The number of alkyl halides is 4. The van der Waals surface area contributed by atoms with Crippen molar-refractivity contribution >= 4 is 26.8 Å². The second-order valence-corrected chi connectivity index (χ2v) is 17.2. The number of ether oxygens (including phenoxy) is 1. The number of carbonyl (C=O) groups excluding carboxylic acids is 1. The molecule has 2 aromatic heterocycles. The van der Waals surface area contributed by atoms with Gasteiger partial charge in [-0.15, -0.1) is 0 Å². The first kappa shape index (κ1) is 41.4. The van der Waals surface area contributed by atoms with E-state index in [4.69, 9.17) is 4.74 Å². The standard InChI is InChI=1S/C42H32F8N6O5S/c43-23-14-21(15-24(44)18-23)16-33(51-34(57)20-55-38-36(37(53-55)39(47)48)28-19-29(28)42(38,49)50)40-52-32-17-22(35-30(45)2-1-3-31(35)46)4-9-27(32)41(58)56(40)25-5-7-26(8-6-25)62(59,60)54-10-12-61-13-11-54/h1-9,14-15,17-18,28-29,33,39H,10-13,16,19-20H2,(H,51,57)/t28-,29+,33-/m0/s1. The maximum absolute atomic E-state index is 15.4. The summed E-state index contributed by atoms with van der Waals surface area (Å²) in [6.07, 6.45) is -3.78. The highest BCUT2D eigenvalue weighted by Gasteiger charge is 2.67. The van der Waals surface area contributed by atoms with E-state index in [1.54, 1.807) is 0 Å². The van der Waals surface area contributed by atoms with Gasteiger partial charge >= 0.3 is 0 Å². The summed E-state index contributed by atoms with van der Waals surface area (Å²) < 4.78 is 153. The molecule has 62 heavy (non-hydrogen) atoms. The van der Waals surface area contributed by atoms with Gasteiger partial charge in [-0.1, -0.05) is 12.1 Å². The third-order valence-corrected chi connectivity index (χ3v) is 13.2. The minimum absolute atomic E-state index is 0.0143. The summed E-state index contributed by atoms with van der Waals surface area (Å²) in [6, 6.07) is 12.8. The Morgan fingerprint density at radius 1 is 0.919 bits per heavy atom. The molecule has 322 valence electrons. The fourth-order valence-corrected chi connectivity index (χ4v) is 9.85. The van der Waals surface area contributed by atoms with Gasteiger partial charge < -0.3 is 10.1 Å². The lowest BCUT2D eigenvalue weighted by molar-refractivity contribution is -0.123. The van der Waals surface area contributed by atoms with E-state index in [9.17, 15) is 44.3 Å². The van der Waals surface area contributed by atoms with Gasteiger partial charge in [-0.2, -0.15) is 18.2 Å². The Balaban J connectivity index is 1.19. The van der Waals surface area contributed by atoms with Crippen molar-refractivity contribution in [1.82, 2.24) is 29.0 Å². The van der Waals surface area contributed by atoms with Crippen LogP contribution in [0, 0.1) is 29.2 Å². The van der Waals surface area contributed by atoms with E-state index in [1.807, 2.05) is 0 Å². The van der Waals surface area contributed by atoms with Crippen LogP contribution in [0.5, 0.6) is 0 Å². The molecular weight excluding hydrogens is 853 g/mol. The van der Waals surface area contributed by atoms with Crippen molar-refractivity contribution in [2.24, 2.45) is 5.92 Å². The minimum Gasteiger partial charge on any atom is -0.379 e. The Bertz CT molecular complexity index is 2920. The lowest BCUT2D eigenvalue weighted by Crippen LogP contribution is -2.40. The molecule has 0 unspecified atom stereocenters. The number of hydrogen-bond donors (Lipinski definition) is 1. The lowest BCUT2D eigenvalue weighted by Gasteiger charge is -2.26. The van der Waals surface area contributed by atoms with Crippen LogP contribution in [0.15, 0.2) is 88.6 Å². The number of fused-ring (bicyclic) bond motifs is 4. The molecule has 20 heteroatoms. The number of sulfonamides is 1. The quantitative estimate of drug-likeness (QED) is 0.138. The summed E-state index contributed by atoms with van der Waals surface area (Å²) in [7, 11) is -4.03. The number of hydrogen-bond acceptors (Lipinski definition) is 7. The molecule has 0 bridgehead atoms. The third-order valence-electron chi connectivity index (χ3n) is 11.3. The Labute approximate surface area is 346 Å². The van der Waals surface area contributed by atoms with Gasteiger partial charge in [0.15, 0.2) is 0 Å². The Kier molecular flexibility index (Phi) is 10.3. The van der Waals surface area contributed by atoms with Crippen molar-refractivity contribution in [3.05, 3.63) is 141 Å². The average molecular weight is 885 g/mol. The highest BCUT2D eigenvalue weighted by molar-refractivity contribution is 7.89. The summed E-state index contributed by atoms with van der Waals surface area (Å²) in [5.74, 6) is -11.0. The monoisotopic (exact) mass is 884 g/mol. The predicted octanol–water partition coefficient (Wildman–Crippen LogP) is 7.07. The van der Waals surface area contributed by atoms with E-state index in [0.29, 0.717) is 10.7 Å². The van der Waals surface area contributed by atoms with Gasteiger partial charge in [-0.3, -0.25) is 18.8 Å². The minimum atomic E-state index is -4.03. The molecule has 1 saturated carbocycles. The Hall–Kier alpha value is -5.99.